The zero-order valence-corrected chi connectivity index (χ0v) is 21.2. The molecule has 1 aromatic carbocycles. The number of hydrogen-bond acceptors (Lipinski definition) is 6. The van der Waals surface area contributed by atoms with E-state index in [0.717, 1.165) is 54.7 Å². The minimum Gasteiger partial charge on any atom is -0.388 e. The topological polar surface area (TPSA) is 111 Å². The third kappa shape index (κ3) is 4.79. The third-order valence-electron chi connectivity index (χ3n) is 7.39. The zero-order chi connectivity index (χ0) is 25.5. The number of halogens is 2. The van der Waals surface area contributed by atoms with E-state index in [1.165, 1.54) is 12.1 Å². The van der Waals surface area contributed by atoms with Crippen LogP contribution in [0, 0.1) is 24.6 Å². The Balaban J connectivity index is 0.000000243. The Morgan fingerprint density at radius 3 is 2.37 bits per heavy atom. The summed E-state index contributed by atoms with van der Waals surface area (Å²) >= 11 is 5.48. The number of nitrogens with one attached hydrogen (secondary N) is 1. The van der Waals surface area contributed by atoms with Gasteiger partial charge in [0.25, 0.3) is 0 Å². The summed E-state index contributed by atoms with van der Waals surface area (Å²) in [6.07, 6.45) is 4.19. The zero-order valence-electron chi connectivity index (χ0n) is 20.4. The van der Waals surface area contributed by atoms with Crippen LogP contribution in [0.1, 0.15) is 59.0 Å². The minimum atomic E-state index is -0.799. The first-order chi connectivity index (χ1) is 16.6. The number of benzene rings is 1. The summed E-state index contributed by atoms with van der Waals surface area (Å²) in [7, 11) is 5.42. The number of anilines is 2. The fourth-order valence-electron chi connectivity index (χ4n) is 5.79. The van der Waals surface area contributed by atoms with Gasteiger partial charge in [-0.15, -0.1) is 0 Å². The van der Waals surface area contributed by atoms with E-state index in [0.29, 0.717) is 23.2 Å². The molecule has 3 aromatic rings. The normalized spacial score (nSPS) is 25.2. The summed E-state index contributed by atoms with van der Waals surface area (Å²) in [5.74, 6) is 1.17. The molecule has 2 aromatic heterocycles. The summed E-state index contributed by atoms with van der Waals surface area (Å²) in [4.78, 5) is 11.4. The number of nitrogen functional groups attached to an aromatic ring is 1. The van der Waals surface area contributed by atoms with E-state index >= 15 is 0 Å². The highest BCUT2D eigenvalue weighted by Crippen LogP contribution is 2.56. The van der Waals surface area contributed by atoms with Crippen LogP contribution in [0.4, 0.5) is 15.9 Å². The molecule has 0 aliphatic heterocycles. The number of aromatic nitrogens is 4. The summed E-state index contributed by atoms with van der Waals surface area (Å²) in [5, 5.41) is 23.1. The van der Waals surface area contributed by atoms with Gasteiger partial charge >= 0.3 is 0 Å². The number of aldehydes is 1. The number of nitrogens with zero attached hydrogens (tertiary/aromatic N) is 4. The van der Waals surface area contributed by atoms with Crippen molar-refractivity contribution >= 4 is 29.4 Å². The molecule has 0 bridgehead atoms. The Bertz CT molecular complexity index is 1230. The Kier molecular flexibility index (Phi) is 6.92. The van der Waals surface area contributed by atoms with Gasteiger partial charge in [-0.2, -0.15) is 10.2 Å². The van der Waals surface area contributed by atoms with Crippen LogP contribution < -0.4 is 11.1 Å². The van der Waals surface area contributed by atoms with Gasteiger partial charge in [-0.05, 0) is 68.7 Å². The van der Waals surface area contributed by atoms with E-state index in [1.54, 1.807) is 29.5 Å². The van der Waals surface area contributed by atoms with Gasteiger partial charge in [0, 0.05) is 32.7 Å². The van der Waals surface area contributed by atoms with Crippen molar-refractivity contribution in [3.8, 4) is 0 Å². The summed E-state index contributed by atoms with van der Waals surface area (Å²) in [6.45, 7) is 1.95. The fourth-order valence-corrected chi connectivity index (χ4v) is 5.97. The Morgan fingerprint density at radius 2 is 1.86 bits per heavy atom. The van der Waals surface area contributed by atoms with Gasteiger partial charge < -0.3 is 16.2 Å². The largest absolute Gasteiger partial charge is 0.388 e. The molecule has 2 saturated carbocycles. The Morgan fingerprint density at radius 1 is 1.20 bits per heavy atom. The fraction of sp³-hybridized carbons (Fsp3) is 0.480. The number of carbonyl (C=O) groups is 1. The van der Waals surface area contributed by atoms with Crippen LogP contribution in [0.2, 0.25) is 5.02 Å². The highest BCUT2D eigenvalue weighted by molar-refractivity contribution is 6.31. The lowest BCUT2D eigenvalue weighted by molar-refractivity contribution is 0.0263. The molecular weight excluding hydrogens is 471 g/mol. The third-order valence-corrected chi connectivity index (χ3v) is 7.68. The molecular formula is C25H32ClFN6O2. The molecule has 4 N–H and O–H groups in total. The Labute approximate surface area is 209 Å². The second kappa shape index (κ2) is 9.62. The lowest BCUT2D eigenvalue weighted by Crippen LogP contribution is -2.26. The maximum Gasteiger partial charge on any atom is 0.155 e. The lowest BCUT2D eigenvalue weighted by Gasteiger charge is -2.24. The molecule has 188 valence electrons. The quantitative estimate of drug-likeness (QED) is 0.462. The van der Waals surface area contributed by atoms with Crippen LogP contribution >= 0.6 is 11.6 Å². The van der Waals surface area contributed by atoms with E-state index in [9.17, 15) is 14.3 Å². The summed E-state index contributed by atoms with van der Waals surface area (Å²) < 4.78 is 15.9. The summed E-state index contributed by atoms with van der Waals surface area (Å²) in [6, 6.07) is 6.48. The molecule has 8 nitrogen and oxygen atoms in total. The first-order valence-electron chi connectivity index (χ1n) is 11.7. The number of aliphatic hydroxyl groups is 1. The van der Waals surface area contributed by atoms with Crippen molar-refractivity contribution < 1.29 is 14.3 Å². The van der Waals surface area contributed by atoms with Crippen LogP contribution in [0.25, 0.3) is 0 Å². The monoisotopic (exact) mass is 502 g/mol. The van der Waals surface area contributed by atoms with Gasteiger partial charge in [0.15, 0.2) is 6.29 Å². The SMILES string of the molecule is CNc1ccc(F)c(Cl)c1.Cc1cc(C2(O)CC3CC(c4nn(C)c(N)c4C=O)CC3C2)n(C)n1. The number of fused-ring (bicyclic) bond motifs is 1. The first-order valence-corrected chi connectivity index (χ1v) is 12.1. The van der Waals surface area contributed by atoms with E-state index in [-0.39, 0.29) is 16.8 Å². The van der Waals surface area contributed by atoms with Crippen molar-refractivity contribution in [1.82, 2.24) is 19.6 Å². The van der Waals surface area contributed by atoms with E-state index in [2.05, 4.69) is 15.5 Å². The summed E-state index contributed by atoms with van der Waals surface area (Å²) in [5.41, 5.74) is 9.16. The van der Waals surface area contributed by atoms with Crippen LogP contribution in [-0.2, 0) is 19.7 Å². The van der Waals surface area contributed by atoms with Gasteiger partial charge in [-0.25, -0.2) is 4.39 Å². The molecule has 2 fully saturated rings. The van der Waals surface area contributed by atoms with E-state index in [1.807, 2.05) is 20.0 Å². The highest BCUT2D eigenvalue weighted by Gasteiger charge is 2.51. The molecule has 0 amide bonds. The van der Waals surface area contributed by atoms with Crippen molar-refractivity contribution in [2.45, 2.75) is 44.1 Å². The van der Waals surface area contributed by atoms with Crippen molar-refractivity contribution in [2.75, 3.05) is 18.1 Å². The first kappa shape index (κ1) is 25.2. The van der Waals surface area contributed by atoms with Crippen molar-refractivity contribution in [3.05, 3.63) is 57.8 Å². The number of aryl methyl sites for hydroxylation is 3. The van der Waals surface area contributed by atoms with Crippen molar-refractivity contribution in [1.29, 1.82) is 0 Å². The van der Waals surface area contributed by atoms with Gasteiger partial charge in [0.1, 0.15) is 17.2 Å². The highest BCUT2D eigenvalue weighted by atomic mass is 35.5. The molecule has 0 saturated heterocycles. The van der Waals surface area contributed by atoms with Gasteiger partial charge in [-0.3, -0.25) is 14.2 Å². The average Bonchev–Trinajstić information content (AvgIpc) is 3.52. The molecule has 2 atom stereocenters. The van der Waals surface area contributed by atoms with Crippen LogP contribution in [0.15, 0.2) is 24.3 Å². The van der Waals surface area contributed by atoms with Crippen molar-refractivity contribution in [2.24, 2.45) is 25.9 Å². The molecule has 2 aliphatic rings. The average molecular weight is 503 g/mol. The van der Waals surface area contributed by atoms with Gasteiger partial charge in [-0.1, -0.05) is 11.6 Å². The lowest BCUT2D eigenvalue weighted by atomic mass is 9.89. The minimum absolute atomic E-state index is 0.145. The molecule has 2 unspecified atom stereocenters. The molecule has 2 heterocycles. The number of rotatable bonds is 4. The second-order valence-electron chi connectivity index (χ2n) is 9.73. The predicted molar refractivity (Wildman–Crippen MR) is 134 cm³/mol. The van der Waals surface area contributed by atoms with E-state index in [4.69, 9.17) is 17.3 Å². The Hall–Kier alpha value is -2.91. The number of hydrogen-bond donors (Lipinski definition) is 3. The molecule has 35 heavy (non-hydrogen) atoms. The number of nitrogens with two attached hydrogens (primary N) is 1. The molecule has 0 spiro atoms. The predicted octanol–water partition coefficient (Wildman–Crippen LogP) is 4.17. The maximum absolute atomic E-state index is 12.5. The number of carbonyl (C=O) groups excluding carboxylic acids is 1. The molecule has 10 heteroatoms. The molecule has 5 rings (SSSR count). The van der Waals surface area contributed by atoms with Crippen LogP contribution in [0.5, 0.6) is 0 Å². The van der Waals surface area contributed by atoms with Crippen LogP contribution in [0.3, 0.4) is 0 Å². The van der Waals surface area contributed by atoms with Crippen molar-refractivity contribution in [3.63, 3.8) is 0 Å². The standard InChI is InChI=1S/C18H25N5O2.C7H7ClFN/c1-10-4-15(22(2)20-10)18(25)7-12-5-11(6-13(12)8-18)16-14(9-24)17(19)23(3)21-16;1-10-5-2-3-7(9)6(8)4-5/h4,9,11-13,25H,5-8,19H2,1-3H3;2-4,10H,1H3. The smallest absolute Gasteiger partial charge is 0.155 e. The van der Waals surface area contributed by atoms with Gasteiger partial charge in [0.05, 0.1) is 27.7 Å². The van der Waals surface area contributed by atoms with E-state index < -0.39 is 5.60 Å². The second-order valence-corrected chi connectivity index (χ2v) is 10.1. The molecule has 0 radical (unpaired) electrons. The maximum atomic E-state index is 12.5. The molecule has 2 aliphatic carbocycles. The van der Waals surface area contributed by atoms with Gasteiger partial charge in [0.2, 0.25) is 0 Å². The van der Waals surface area contributed by atoms with Crippen LogP contribution in [-0.4, -0.2) is 38.0 Å².